The monoisotopic (exact) mass is 418 g/mol. The molecule has 1 N–H and O–H groups in total. The largest absolute Gasteiger partial charge is 0.484 e. The first kappa shape index (κ1) is 19.7. The van der Waals surface area contributed by atoms with Gasteiger partial charge in [0.2, 0.25) is 0 Å². The maximum Gasteiger partial charge on any atom is 0.262 e. The van der Waals surface area contributed by atoms with E-state index in [1.165, 1.54) is 18.4 Å². The van der Waals surface area contributed by atoms with Crippen LogP contribution in [0.15, 0.2) is 46.9 Å². The predicted molar refractivity (Wildman–Crippen MR) is 119 cm³/mol. The zero-order chi connectivity index (χ0) is 21.2. The Kier molecular flexibility index (Phi) is 5.37. The van der Waals surface area contributed by atoms with E-state index in [9.17, 15) is 9.59 Å². The second-order valence-electron chi connectivity index (χ2n) is 8.28. The minimum absolute atomic E-state index is 0.0514. The number of carbonyl (C=O) groups excluding carboxylic acids is 2. The lowest BCUT2D eigenvalue weighted by Gasteiger charge is -2.15. The molecule has 6 heteroatoms. The molecule has 1 fully saturated rings. The Bertz CT molecular complexity index is 1110. The second kappa shape index (κ2) is 8.46. The number of furan rings is 1. The van der Waals surface area contributed by atoms with E-state index in [1.54, 1.807) is 24.3 Å². The zero-order valence-electron chi connectivity index (χ0n) is 17.5. The number of nitrogens with zero attached hydrogens (tertiary/aromatic N) is 1. The summed E-state index contributed by atoms with van der Waals surface area (Å²) in [6.45, 7) is 1.56. The lowest BCUT2D eigenvalue weighted by atomic mass is 9.96. The molecule has 0 spiro atoms. The number of nitrogens with one attached hydrogen (secondary N) is 1. The van der Waals surface area contributed by atoms with Crippen molar-refractivity contribution in [3.05, 3.63) is 59.4 Å². The van der Waals surface area contributed by atoms with Gasteiger partial charge >= 0.3 is 0 Å². The van der Waals surface area contributed by atoms with Crippen LogP contribution in [0.1, 0.15) is 47.4 Å². The zero-order valence-corrected chi connectivity index (χ0v) is 17.5. The summed E-state index contributed by atoms with van der Waals surface area (Å²) in [6, 6.07) is 12.7. The molecule has 5 rings (SSSR count). The molecule has 0 atom stereocenters. The number of anilines is 1. The van der Waals surface area contributed by atoms with Gasteiger partial charge in [-0.05, 0) is 74.6 Å². The average Bonchev–Trinajstić information content (AvgIpc) is 3.46. The number of hydrogen-bond donors (Lipinski definition) is 1. The summed E-state index contributed by atoms with van der Waals surface area (Å²) in [5.41, 5.74) is 3.45. The fraction of sp³-hybridized carbons (Fsp3) is 0.360. The Hall–Kier alpha value is -3.28. The first-order chi connectivity index (χ1) is 15.2. The molecule has 1 aliphatic carbocycles. The lowest BCUT2D eigenvalue weighted by Crippen LogP contribution is -2.27. The van der Waals surface area contributed by atoms with Gasteiger partial charge in [0, 0.05) is 41.7 Å². The molecular weight excluding hydrogens is 392 g/mol. The highest BCUT2D eigenvalue weighted by Crippen LogP contribution is 2.33. The van der Waals surface area contributed by atoms with Crippen LogP contribution in [0.2, 0.25) is 0 Å². The summed E-state index contributed by atoms with van der Waals surface area (Å²) in [5.74, 6) is 1.55. The van der Waals surface area contributed by atoms with Gasteiger partial charge in [0.1, 0.15) is 17.1 Å². The highest BCUT2D eigenvalue weighted by molar-refractivity contribution is 5.96. The van der Waals surface area contributed by atoms with Gasteiger partial charge in [0.15, 0.2) is 6.61 Å². The van der Waals surface area contributed by atoms with Crippen molar-refractivity contribution in [1.82, 2.24) is 4.90 Å². The third-order valence-electron chi connectivity index (χ3n) is 6.11. The minimum atomic E-state index is -0.243. The van der Waals surface area contributed by atoms with Crippen LogP contribution in [0.3, 0.4) is 0 Å². The Morgan fingerprint density at radius 2 is 1.74 bits per heavy atom. The van der Waals surface area contributed by atoms with Gasteiger partial charge < -0.3 is 19.4 Å². The van der Waals surface area contributed by atoms with E-state index in [-0.39, 0.29) is 18.4 Å². The first-order valence-corrected chi connectivity index (χ1v) is 11.0. The molecule has 3 aromatic rings. The molecule has 0 radical (unpaired) electrons. The van der Waals surface area contributed by atoms with Crippen molar-refractivity contribution in [3.8, 4) is 5.75 Å². The van der Waals surface area contributed by atoms with Gasteiger partial charge in [-0.1, -0.05) is 0 Å². The number of aryl methyl sites for hydroxylation is 2. The maximum atomic E-state index is 12.4. The summed E-state index contributed by atoms with van der Waals surface area (Å²) in [5, 5.41) is 3.91. The molecule has 31 heavy (non-hydrogen) atoms. The van der Waals surface area contributed by atoms with E-state index in [0.29, 0.717) is 17.0 Å². The number of benzene rings is 2. The van der Waals surface area contributed by atoms with Crippen molar-refractivity contribution in [2.24, 2.45) is 0 Å². The third kappa shape index (κ3) is 4.15. The van der Waals surface area contributed by atoms with Crippen LogP contribution in [0.5, 0.6) is 5.75 Å². The molecule has 1 saturated heterocycles. The van der Waals surface area contributed by atoms with E-state index in [2.05, 4.69) is 5.32 Å². The minimum Gasteiger partial charge on any atom is -0.484 e. The van der Waals surface area contributed by atoms with Crippen LogP contribution in [-0.4, -0.2) is 36.4 Å². The quantitative estimate of drug-likeness (QED) is 0.659. The SMILES string of the molecule is O=C(COc1ccc2oc3c(c2c1)CCCC3)Nc1ccc(C(=O)N2CCCC2)cc1. The molecule has 0 saturated carbocycles. The first-order valence-electron chi connectivity index (χ1n) is 11.0. The summed E-state index contributed by atoms with van der Waals surface area (Å²) in [4.78, 5) is 26.6. The number of fused-ring (bicyclic) bond motifs is 3. The van der Waals surface area contributed by atoms with Gasteiger partial charge in [-0.2, -0.15) is 0 Å². The van der Waals surface area contributed by atoms with Crippen LogP contribution in [-0.2, 0) is 17.6 Å². The van der Waals surface area contributed by atoms with Crippen LogP contribution in [0.25, 0.3) is 11.0 Å². The van der Waals surface area contributed by atoms with Crippen LogP contribution in [0.4, 0.5) is 5.69 Å². The Labute approximate surface area is 181 Å². The van der Waals surface area contributed by atoms with Gasteiger partial charge in [-0.3, -0.25) is 9.59 Å². The standard InChI is InChI=1S/C25H26N2O4/c28-24(26-18-9-7-17(8-10-18)25(29)27-13-3-4-14-27)16-30-19-11-12-23-21(15-19)20-5-1-2-6-22(20)31-23/h7-12,15H,1-6,13-14,16H2,(H,26,28). The molecule has 160 valence electrons. The van der Waals surface area contributed by atoms with Crippen molar-refractivity contribution in [2.75, 3.05) is 25.0 Å². The summed E-state index contributed by atoms with van der Waals surface area (Å²) < 4.78 is 11.7. The number of ether oxygens (including phenoxy) is 1. The molecule has 1 aromatic heterocycles. The fourth-order valence-corrected chi connectivity index (χ4v) is 4.48. The lowest BCUT2D eigenvalue weighted by molar-refractivity contribution is -0.118. The number of likely N-dealkylation sites (tertiary alicyclic amines) is 1. The molecule has 6 nitrogen and oxygen atoms in total. The second-order valence-corrected chi connectivity index (χ2v) is 8.28. The molecule has 0 bridgehead atoms. The number of carbonyl (C=O) groups is 2. The summed E-state index contributed by atoms with van der Waals surface area (Å²) in [7, 11) is 0. The highest BCUT2D eigenvalue weighted by atomic mass is 16.5. The Morgan fingerprint density at radius 3 is 2.55 bits per heavy atom. The van der Waals surface area contributed by atoms with E-state index in [0.717, 1.165) is 55.5 Å². The van der Waals surface area contributed by atoms with Crippen LogP contribution >= 0.6 is 0 Å². The molecule has 0 unspecified atom stereocenters. The van der Waals surface area contributed by atoms with Gasteiger partial charge in [0.25, 0.3) is 11.8 Å². The smallest absolute Gasteiger partial charge is 0.262 e. The molecule has 2 heterocycles. The summed E-state index contributed by atoms with van der Waals surface area (Å²) >= 11 is 0. The molecule has 2 aliphatic rings. The number of rotatable bonds is 5. The van der Waals surface area contributed by atoms with Crippen LogP contribution < -0.4 is 10.1 Å². The van der Waals surface area contributed by atoms with Crippen molar-refractivity contribution >= 4 is 28.5 Å². The fourth-order valence-electron chi connectivity index (χ4n) is 4.48. The Morgan fingerprint density at radius 1 is 0.968 bits per heavy atom. The maximum absolute atomic E-state index is 12.4. The van der Waals surface area contributed by atoms with Crippen molar-refractivity contribution in [2.45, 2.75) is 38.5 Å². The Balaban J connectivity index is 1.18. The topological polar surface area (TPSA) is 71.8 Å². The normalized spacial score (nSPS) is 15.7. The predicted octanol–water partition coefficient (Wildman–Crippen LogP) is 4.57. The molecule has 1 aliphatic heterocycles. The van der Waals surface area contributed by atoms with E-state index >= 15 is 0 Å². The van der Waals surface area contributed by atoms with Crippen LogP contribution in [0, 0.1) is 0 Å². The van der Waals surface area contributed by atoms with E-state index in [4.69, 9.17) is 9.15 Å². The number of amides is 2. The molecule has 2 aromatic carbocycles. The number of hydrogen-bond acceptors (Lipinski definition) is 4. The summed E-state index contributed by atoms with van der Waals surface area (Å²) in [6.07, 6.45) is 6.50. The average molecular weight is 418 g/mol. The molecule has 2 amide bonds. The molecular formula is C25H26N2O4. The van der Waals surface area contributed by atoms with Gasteiger partial charge in [-0.15, -0.1) is 0 Å². The van der Waals surface area contributed by atoms with Gasteiger partial charge in [-0.25, -0.2) is 0 Å². The van der Waals surface area contributed by atoms with E-state index < -0.39 is 0 Å². The van der Waals surface area contributed by atoms with Crippen molar-refractivity contribution in [3.63, 3.8) is 0 Å². The van der Waals surface area contributed by atoms with Gasteiger partial charge in [0.05, 0.1) is 0 Å². The highest BCUT2D eigenvalue weighted by Gasteiger charge is 2.20. The third-order valence-corrected chi connectivity index (χ3v) is 6.11. The van der Waals surface area contributed by atoms with Crippen molar-refractivity contribution in [1.29, 1.82) is 0 Å². The van der Waals surface area contributed by atoms with E-state index in [1.807, 2.05) is 23.1 Å². The van der Waals surface area contributed by atoms with Crippen molar-refractivity contribution < 1.29 is 18.7 Å².